The van der Waals surface area contributed by atoms with Crippen LogP contribution >= 0.6 is 11.8 Å². The molecule has 5 rings (SSSR count). The maximum atomic E-state index is 12.9. The normalized spacial score (nSPS) is 20.0. The number of nitrogen functional groups attached to an aromatic ring is 1. The number of aromatic nitrogens is 2. The Kier molecular flexibility index (Phi) is 5.64. The monoisotopic (exact) mass is 498 g/mol. The van der Waals surface area contributed by atoms with Gasteiger partial charge < -0.3 is 34.6 Å². The summed E-state index contributed by atoms with van der Waals surface area (Å²) in [6, 6.07) is 2.41. The van der Waals surface area contributed by atoms with Gasteiger partial charge in [0.1, 0.15) is 36.1 Å². The molecular formula is C21H18N6O7S. The van der Waals surface area contributed by atoms with Gasteiger partial charge in [-0.3, -0.25) is 14.5 Å². The molecule has 3 aromatic heterocycles. The minimum Gasteiger partial charge on any atom is -0.543 e. The number of anilines is 1. The van der Waals surface area contributed by atoms with Crippen LogP contribution in [0.2, 0.25) is 0 Å². The van der Waals surface area contributed by atoms with Gasteiger partial charge >= 0.3 is 0 Å². The lowest BCUT2D eigenvalue weighted by molar-refractivity contribution is -0.687. The van der Waals surface area contributed by atoms with Crippen molar-refractivity contribution in [2.45, 2.75) is 18.0 Å². The largest absolute Gasteiger partial charge is 0.543 e. The van der Waals surface area contributed by atoms with Gasteiger partial charge in [0, 0.05) is 17.4 Å². The summed E-state index contributed by atoms with van der Waals surface area (Å²) in [6.07, 6.45) is 6.27. The number of hydrogen-bond donors (Lipinski definition) is 2. The van der Waals surface area contributed by atoms with E-state index < -0.39 is 29.2 Å². The summed E-state index contributed by atoms with van der Waals surface area (Å²) in [7, 11) is 1.24. The Labute approximate surface area is 201 Å². The molecule has 2 aliphatic rings. The molecule has 5 heterocycles. The molecule has 3 N–H and O–H groups in total. The molecule has 0 saturated carbocycles. The first-order chi connectivity index (χ1) is 16.9. The minimum atomic E-state index is -1.46. The molecule has 35 heavy (non-hydrogen) atoms. The number of carboxylic acids is 1. The van der Waals surface area contributed by atoms with Gasteiger partial charge in [-0.15, -0.1) is 11.8 Å². The van der Waals surface area contributed by atoms with Crippen LogP contribution in [0.5, 0.6) is 0 Å². The number of pyridine rings is 1. The predicted molar refractivity (Wildman–Crippen MR) is 118 cm³/mol. The lowest BCUT2D eigenvalue weighted by Gasteiger charge is -2.50. The van der Waals surface area contributed by atoms with Crippen molar-refractivity contribution < 1.29 is 37.7 Å². The highest BCUT2D eigenvalue weighted by Gasteiger charge is 2.53. The highest BCUT2D eigenvalue weighted by atomic mass is 32.2. The molecule has 14 heteroatoms. The zero-order valence-corrected chi connectivity index (χ0v) is 19.0. The standard InChI is InChI=1S/C21H18N6O7S/c1-32-25-14(12-8-34-21(22)23-12)17(28)24-15-18(29)27-16(20(30)31)11(9-35-19(15)27)7-26-4-2-13-10(6-26)3-5-33-13/h2-6,8,15,19H,7,9H2,1H3,(H3-,22,23,24,28,30,31)/b25-14-/t15?,19-/m1/s1. The van der Waals surface area contributed by atoms with E-state index >= 15 is 0 Å². The molecule has 1 unspecified atom stereocenters. The van der Waals surface area contributed by atoms with E-state index in [1.54, 1.807) is 29.2 Å². The number of β-lactam (4-membered cyclic amide) rings is 1. The average Bonchev–Trinajstić information content (AvgIpc) is 3.48. The van der Waals surface area contributed by atoms with E-state index in [9.17, 15) is 19.5 Å². The molecule has 0 radical (unpaired) electrons. The third-order valence-corrected chi connectivity index (χ3v) is 6.85. The molecule has 13 nitrogen and oxygen atoms in total. The second-order valence-electron chi connectivity index (χ2n) is 7.65. The summed E-state index contributed by atoms with van der Waals surface area (Å²) in [4.78, 5) is 47.4. The molecule has 3 aromatic rings. The van der Waals surface area contributed by atoms with Gasteiger partial charge in [-0.25, -0.2) is 4.57 Å². The van der Waals surface area contributed by atoms with Crippen LogP contribution in [-0.2, 0) is 25.8 Å². The quantitative estimate of drug-likeness (QED) is 0.173. The Morgan fingerprint density at radius 1 is 1.43 bits per heavy atom. The molecule has 0 aliphatic carbocycles. The number of fused-ring (bicyclic) bond motifs is 2. The third kappa shape index (κ3) is 3.97. The lowest BCUT2D eigenvalue weighted by atomic mass is 10.0. The smallest absolute Gasteiger partial charge is 0.292 e. The number of carbonyl (C=O) groups excluding carboxylic acids is 3. The van der Waals surface area contributed by atoms with Crippen molar-refractivity contribution in [2.24, 2.45) is 5.16 Å². The van der Waals surface area contributed by atoms with Gasteiger partial charge in [-0.05, 0) is 6.07 Å². The lowest BCUT2D eigenvalue weighted by Crippen LogP contribution is -2.71. The second kappa shape index (κ2) is 8.79. The zero-order chi connectivity index (χ0) is 24.7. The van der Waals surface area contributed by atoms with Crippen molar-refractivity contribution in [3.63, 3.8) is 0 Å². The van der Waals surface area contributed by atoms with E-state index in [2.05, 4.69) is 15.5 Å². The van der Waals surface area contributed by atoms with Gasteiger partial charge in [0.15, 0.2) is 24.7 Å². The maximum Gasteiger partial charge on any atom is 0.292 e. The molecule has 0 spiro atoms. The second-order valence-corrected chi connectivity index (χ2v) is 8.76. The molecule has 2 amide bonds. The number of furan rings is 1. The van der Waals surface area contributed by atoms with Crippen molar-refractivity contribution in [2.75, 3.05) is 18.6 Å². The van der Waals surface area contributed by atoms with E-state index in [1.807, 2.05) is 6.20 Å². The molecular weight excluding hydrogens is 480 g/mol. The fourth-order valence-corrected chi connectivity index (χ4v) is 5.31. The Morgan fingerprint density at radius 2 is 2.26 bits per heavy atom. The summed E-state index contributed by atoms with van der Waals surface area (Å²) >= 11 is 1.33. The Hall–Kier alpha value is -4.33. The number of carboxylic acid groups (broad SMARTS) is 1. The van der Waals surface area contributed by atoms with Crippen molar-refractivity contribution in [1.29, 1.82) is 0 Å². The van der Waals surface area contributed by atoms with Crippen LogP contribution < -0.4 is 20.7 Å². The summed E-state index contributed by atoms with van der Waals surface area (Å²) < 4.78 is 12.0. The summed E-state index contributed by atoms with van der Waals surface area (Å²) in [6.45, 7) is 0.239. The number of nitrogens with zero attached hydrogens (tertiary/aromatic N) is 4. The minimum absolute atomic E-state index is 0.0194. The number of nitrogens with one attached hydrogen (secondary N) is 1. The van der Waals surface area contributed by atoms with Gasteiger partial charge in [0.25, 0.3) is 17.8 Å². The number of thioether (sulfide) groups is 1. The fourth-order valence-electron chi connectivity index (χ4n) is 3.97. The maximum absolute atomic E-state index is 12.9. The van der Waals surface area contributed by atoms with Crippen LogP contribution in [0.15, 0.2) is 62.3 Å². The predicted octanol–water partition coefficient (Wildman–Crippen LogP) is -1.25. The van der Waals surface area contributed by atoms with Crippen molar-refractivity contribution in [3.05, 3.63) is 54.0 Å². The SMILES string of the molecule is CO/N=C(\C(=O)NC1C(=O)N2C(C(=O)[O-])=C(C[n+]3ccc4occc4c3)CS[C@H]12)c1coc(N)n1. The van der Waals surface area contributed by atoms with Crippen LogP contribution in [0.4, 0.5) is 6.01 Å². The molecule has 2 atom stereocenters. The van der Waals surface area contributed by atoms with E-state index in [1.165, 1.54) is 18.9 Å². The first-order valence-electron chi connectivity index (χ1n) is 10.2. The number of oxime groups is 1. The van der Waals surface area contributed by atoms with E-state index in [4.69, 9.17) is 19.4 Å². The number of amides is 2. The van der Waals surface area contributed by atoms with Crippen molar-refractivity contribution in [3.8, 4) is 0 Å². The number of rotatable bonds is 7. The van der Waals surface area contributed by atoms with Gasteiger partial charge in [-0.2, -0.15) is 4.98 Å². The van der Waals surface area contributed by atoms with Crippen LogP contribution in [-0.4, -0.2) is 57.7 Å². The molecule has 0 aromatic carbocycles. The van der Waals surface area contributed by atoms with E-state index in [0.717, 1.165) is 16.5 Å². The highest BCUT2D eigenvalue weighted by Crippen LogP contribution is 2.40. The first-order valence-corrected chi connectivity index (χ1v) is 11.3. The molecule has 180 valence electrons. The number of hydrogen-bond acceptors (Lipinski definition) is 11. The Morgan fingerprint density at radius 3 is 2.97 bits per heavy atom. The zero-order valence-electron chi connectivity index (χ0n) is 18.2. The average molecular weight is 498 g/mol. The molecule has 2 aliphatic heterocycles. The third-order valence-electron chi connectivity index (χ3n) is 5.51. The van der Waals surface area contributed by atoms with Crippen LogP contribution in [0.25, 0.3) is 11.0 Å². The highest BCUT2D eigenvalue weighted by molar-refractivity contribution is 8.00. The molecule has 0 bridgehead atoms. The Bertz CT molecular complexity index is 1410. The van der Waals surface area contributed by atoms with E-state index in [0.29, 0.717) is 16.9 Å². The fraction of sp³-hybridized carbons (Fsp3) is 0.238. The Balaban J connectivity index is 1.36. The van der Waals surface area contributed by atoms with Crippen LogP contribution in [0, 0.1) is 0 Å². The summed E-state index contributed by atoms with van der Waals surface area (Å²) in [5.74, 6) is -2.49. The van der Waals surface area contributed by atoms with Gasteiger partial charge in [0.2, 0.25) is 0 Å². The number of aliphatic carboxylic acids is 1. The number of carbonyl (C=O) groups is 3. The van der Waals surface area contributed by atoms with Crippen molar-refractivity contribution >= 4 is 52.2 Å². The molecule has 1 fully saturated rings. The summed E-state index contributed by atoms with van der Waals surface area (Å²) in [5.41, 5.74) is 6.24. The summed E-state index contributed by atoms with van der Waals surface area (Å²) in [5, 5.41) is 18.5. The number of nitrogens with two attached hydrogens (primary N) is 1. The first kappa shape index (κ1) is 22.5. The van der Waals surface area contributed by atoms with Crippen LogP contribution in [0.1, 0.15) is 5.69 Å². The van der Waals surface area contributed by atoms with Gasteiger partial charge in [0.05, 0.1) is 23.3 Å². The van der Waals surface area contributed by atoms with Crippen molar-refractivity contribution in [1.82, 2.24) is 15.2 Å². The topological polar surface area (TPSA) is 180 Å². The van der Waals surface area contributed by atoms with Gasteiger partial charge in [-0.1, -0.05) is 5.16 Å². The number of oxazole rings is 1. The van der Waals surface area contributed by atoms with Crippen LogP contribution in [0.3, 0.4) is 0 Å². The van der Waals surface area contributed by atoms with E-state index in [-0.39, 0.29) is 29.7 Å². The molecule has 1 saturated heterocycles.